The minimum absolute atomic E-state index is 0.188. The maximum atomic E-state index is 10.6. The number of hydrogen-bond donors (Lipinski definition) is 3. The van der Waals surface area contributed by atoms with Gasteiger partial charge in [0.1, 0.15) is 17.6 Å². The number of ether oxygens (including phenoxy) is 1. The van der Waals surface area contributed by atoms with Gasteiger partial charge < -0.3 is 29.7 Å². The zero-order valence-electron chi connectivity index (χ0n) is 17.9. The van der Waals surface area contributed by atoms with Crippen molar-refractivity contribution in [2.45, 2.75) is 25.7 Å². The van der Waals surface area contributed by atoms with Crippen molar-refractivity contribution in [3.8, 4) is 28.9 Å². The van der Waals surface area contributed by atoms with Crippen LogP contribution in [0.25, 0.3) is 11.3 Å². The first-order chi connectivity index (χ1) is 16.0. The summed E-state index contributed by atoms with van der Waals surface area (Å²) < 4.78 is 10.7. The normalized spacial score (nSPS) is 15.5. The maximum Gasteiger partial charge on any atom is 0.341 e. The van der Waals surface area contributed by atoms with E-state index in [4.69, 9.17) is 14.4 Å². The fraction of sp³-hybridized carbons (Fsp3) is 0.200. The van der Waals surface area contributed by atoms with Crippen molar-refractivity contribution < 1.29 is 24.3 Å². The molecule has 3 aromatic rings. The largest absolute Gasteiger partial charge is 0.482 e. The van der Waals surface area contributed by atoms with E-state index in [1.165, 1.54) is 0 Å². The molecule has 2 atom stereocenters. The Bertz CT molecular complexity index is 1200. The van der Waals surface area contributed by atoms with Crippen molar-refractivity contribution in [3.63, 3.8) is 0 Å². The summed E-state index contributed by atoms with van der Waals surface area (Å²) in [6.45, 7) is 1.86. The van der Waals surface area contributed by atoms with E-state index in [2.05, 4.69) is 22.3 Å². The molecular formula is C25H23N3O5. The van der Waals surface area contributed by atoms with E-state index in [1.54, 1.807) is 31.3 Å². The number of carboxylic acids is 1. The molecule has 8 nitrogen and oxygen atoms in total. The highest BCUT2D eigenvalue weighted by Crippen LogP contribution is 2.22. The van der Waals surface area contributed by atoms with Gasteiger partial charge in [-0.15, -0.1) is 0 Å². The van der Waals surface area contributed by atoms with Crippen LogP contribution in [0.4, 0.5) is 0 Å². The molecule has 0 radical (unpaired) electrons. The SMILES string of the molecule is C[C@H](O)C1NC=CN1Cc1cc(-c2ccc(C#Cc3cccc(OCC(=O)O)c3)cc2)on1. The number of aromatic nitrogens is 1. The first-order valence-corrected chi connectivity index (χ1v) is 10.4. The molecule has 0 saturated heterocycles. The van der Waals surface area contributed by atoms with Gasteiger partial charge in [0, 0.05) is 35.2 Å². The predicted molar refractivity (Wildman–Crippen MR) is 121 cm³/mol. The average molecular weight is 445 g/mol. The molecule has 0 fully saturated rings. The van der Waals surface area contributed by atoms with E-state index in [0.717, 1.165) is 22.4 Å². The Labute approximate surface area is 191 Å². The topological polar surface area (TPSA) is 108 Å². The average Bonchev–Trinajstić information content (AvgIpc) is 3.47. The van der Waals surface area contributed by atoms with Crippen LogP contribution in [-0.4, -0.2) is 45.1 Å². The highest BCUT2D eigenvalue weighted by atomic mass is 16.5. The van der Waals surface area contributed by atoms with Gasteiger partial charge >= 0.3 is 5.97 Å². The van der Waals surface area contributed by atoms with E-state index in [1.807, 2.05) is 47.5 Å². The first kappa shape index (κ1) is 22.0. The number of nitrogens with one attached hydrogen (secondary N) is 1. The van der Waals surface area contributed by atoms with Gasteiger partial charge in [-0.25, -0.2) is 4.79 Å². The molecule has 2 heterocycles. The fourth-order valence-corrected chi connectivity index (χ4v) is 3.37. The summed E-state index contributed by atoms with van der Waals surface area (Å²) >= 11 is 0. The van der Waals surface area contributed by atoms with Gasteiger partial charge in [-0.05, 0) is 49.4 Å². The predicted octanol–water partition coefficient (Wildman–Crippen LogP) is 2.79. The van der Waals surface area contributed by atoms with Crippen LogP contribution >= 0.6 is 0 Å². The smallest absolute Gasteiger partial charge is 0.341 e. The van der Waals surface area contributed by atoms with Crippen LogP contribution in [0.1, 0.15) is 23.7 Å². The van der Waals surface area contributed by atoms with Gasteiger partial charge in [0.25, 0.3) is 0 Å². The van der Waals surface area contributed by atoms with E-state index >= 15 is 0 Å². The van der Waals surface area contributed by atoms with Crippen molar-refractivity contribution in [1.82, 2.24) is 15.4 Å². The first-order valence-electron chi connectivity index (χ1n) is 10.4. The lowest BCUT2D eigenvalue weighted by Gasteiger charge is -2.26. The second-order valence-corrected chi connectivity index (χ2v) is 7.56. The lowest BCUT2D eigenvalue weighted by molar-refractivity contribution is -0.139. The van der Waals surface area contributed by atoms with Crippen LogP contribution in [0.15, 0.2) is 71.5 Å². The molecule has 1 aromatic heterocycles. The van der Waals surface area contributed by atoms with Crippen LogP contribution < -0.4 is 10.1 Å². The van der Waals surface area contributed by atoms with E-state index in [9.17, 15) is 9.90 Å². The van der Waals surface area contributed by atoms with Crippen LogP contribution in [0.2, 0.25) is 0 Å². The second kappa shape index (κ2) is 9.94. The van der Waals surface area contributed by atoms with Crippen LogP contribution in [0.3, 0.4) is 0 Å². The van der Waals surface area contributed by atoms with Gasteiger partial charge in [-0.1, -0.05) is 23.1 Å². The number of carboxylic acid groups (broad SMARTS) is 1. The Morgan fingerprint density at radius 2 is 2.00 bits per heavy atom. The minimum atomic E-state index is -1.03. The molecule has 8 heteroatoms. The van der Waals surface area contributed by atoms with Crippen molar-refractivity contribution in [3.05, 3.63) is 83.8 Å². The molecular weight excluding hydrogens is 422 g/mol. The van der Waals surface area contributed by atoms with Gasteiger partial charge in [0.15, 0.2) is 12.4 Å². The summed E-state index contributed by atoms with van der Waals surface area (Å²) in [5.41, 5.74) is 3.19. The lowest BCUT2D eigenvalue weighted by atomic mass is 10.1. The summed E-state index contributed by atoms with van der Waals surface area (Å²) in [4.78, 5) is 12.6. The van der Waals surface area contributed by atoms with Gasteiger partial charge in [-0.2, -0.15) is 0 Å². The minimum Gasteiger partial charge on any atom is -0.482 e. The number of hydrogen-bond acceptors (Lipinski definition) is 7. The van der Waals surface area contributed by atoms with Gasteiger partial charge in [0.05, 0.1) is 12.6 Å². The number of nitrogens with zero attached hydrogens (tertiary/aromatic N) is 2. The maximum absolute atomic E-state index is 10.6. The summed E-state index contributed by atoms with van der Waals surface area (Å²) in [7, 11) is 0. The molecule has 0 amide bonds. The molecule has 4 rings (SSSR count). The summed E-state index contributed by atoms with van der Waals surface area (Å²) in [5.74, 6) is 6.22. The third kappa shape index (κ3) is 5.73. The fourth-order valence-electron chi connectivity index (χ4n) is 3.37. The number of carbonyl (C=O) groups is 1. The third-order valence-electron chi connectivity index (χ3n) is 4.97. The van der Waals surface area contributed by atoms with Crippen molar-refractivity contribution in [2.75, 3.05) is 6.61 Å². The Kier molecular flexibility index (Phi) is 6.62. The summed E-state index contributed by atoms with van der Waals surface area (Å²) in [5, 5.41) is 25.8. The molecule has 0 spiro atoms. The Balaban J connectivity index is 1.40. The van der Waals surface area contributed by atoms with Crippen LogP contribution in [0.5, 0.6) is 5.75 Å². The van der Waals surface area contributed by atoms with E-state index < -0.39 is 18.7 Å². The highest BCUT2D eigenvalue weighted by molar-refractivity contribution is 5.68. The zero-order valence-corrected chi connectivity index (χ0v) is 17.9. The standard InChI is InChI=1S/C25H23N3O5/c1-17(29)25-26-11-12-28(25)15-21-14-23(33-27-21)20-9-7-18(8-10-20)5-6-19-3-2-4-22(13-19)32-16-24(30)31/h2-4,7-14,17,25-26,29H,15-16H2,1H3,(H,30,31)/t17-,25?/m0/s1. The second-order valence-electron chi connectivity index (χ2n) is 7.56. The summed E-state index contributed by atoms with van der Waals surface area (Å²) in [6, 6.07) is 16.5. The molecule has 33 heavy (non-hydrogen) atoms. The lowest BCUT2D eigenvalue weighted by Crippen LogP contribution is -2.43. The monoisotopic (exact) mass is 445 g/mol. The molecule has 1 unspecified atom stereocenters. The van der Waals surface area contributed by atoms with Crippen molar-refractivity contribution in [1.29, 1.82) is 0 Å². The highest BCUT2D eigenvalue weighted by Gasteiger charge is 2.24. The molecule has 1 aliphatic rings. The van der Waals surface area contributed by atoms with Gasteiger partial charge in [-0.3, -0.25) is 0 Å². The number of benzene rings is 2. The summed E-state index contributed by atoms with van der Waals surface area (Å²) in [6.07, 6.45) is 2.97. The molecule has 0 aliphatic carbocycles. The Morgan fingerprint density at radius 3 is 2.76 bits per heavy atom. The molecule has 0 saturated carbocycles. The number of aliphatic carboxylic acids is 1. The van der Waals surface area contributed by atoms with Crippen molar-refractivity contribution >= 4 is 5.97 Å². The van der Waals surface area contributed by atoms with Crippen molar-refractivity contribution in [2.24, 2.45) is 0 Å². The number of aliphatic hydroxyl groups is 1. The van der Waals surface area contributed by atoms with Crippen LogP contribution in [0, 0.1) is 11.8 Å². The van der Waals surface area contributed by atoms with E-state index in [-0.39, 0.29) is 6.17 Å². The zero-order chi connectivity index (χ0) is 23.2. The van der Waals surface area contributed by atoms with E-state index in [0.29, 0.717) is 18.1 Å². The quantitative estimate of drug-likeness (QED) is 0.477. The van der Waals surface area contributed by atoms with Gasteiger partial charge in [0.2, 0.25) is 0 Å². The van der Waals surface area contributed by atoms with Crippen LogP contribution in [-0.2, 0) is 11.3 Å². The number of rotatable bonds is 7. The molecule has 1 aliphatic heterocycles. The number of aliphatic hydroxyl groups excluding tert-OH is 1. The Morgan fingerprint density at radius 1 is 1.21 bits per heavy atom. The Hall–Kier alpha value is -4.22. The molecule has 168 valence electrons. The molecule has 0 bridgehead atoms. The third-order valence-corrected chi connectivity index (χ3v) is 4.97. The molecule has 3 N–H and O–H groups in total. The molecule has 2 aromatic carbocycles.